The third kappa shape index (κ3) is 7.34. The van der Waals surface area contributed by atoms with Gasteiger partial charge in [-0.05, 0) is 56.8 Å². The molecule has 0 aliphatic carbocycles. The van der Waals surface area contributed by atoms with Gasteiger partial charge in [0.15, 0.2) is 11.5 Å². The number of hydrogen-bond acceptors (Lipinski definition) is 8. The third-order valence-electron chi connectivity index (χ3n) is 5.48. The van der Waals surface area contributed by atoms with Gasteiger partial charge < -0.3 is 24.4 Å². The van der Waals surface area contributed by atoms with Crippen LogP contribution in [0.25, 0.3) is 10.9 Å². The van der Waals surface area contributed by atoms with Crippen LogP contribution in [0.4, 0.5) is 22.0 Å². The van der Waals surface area contributed by atoms with Crippen LogP contribution in [0.1, 0.15) is 26.3 Å². The van der Waals surface area contributed by atoms with E-state index in [2.05, 4.69) is 39.3 Å². The zero-order chi connectivity index (χ0) is 24.5. The Morgan fingerprint density at radius 2 is 1.83 bits per heavy atom. The number of rotatable bonds is 11. The van der Waals surface area contributed by atoms with Crippen LogP contribution in [-0.2, 0) is 4.74 Å². The summed E-state index contributed by atoms with van der Waals surface area (Å²) in [4.78, 5) is 22.9. The van der Waals surface area contributed by atoms with Crippen molar-refractivity contribution in [3.63, 3.8) is 0 Å². The smallest absolute Gasteiger partial charge is 0.411 e. The Balaban J connectivity index is 0.00000432. The van der Waals surface area contributed by atoms with Crippen LogP contribution >= 0.6 is 12.4 Å². The number of anilines is 3. The van der Waals surface area contributed by atoms with Crippen molar-refractivity contribution in [2.75, 3.05) is 50.6 Å². The fraction of sp³-hybridized carbons (Fsp3) is 0.400. The summed E-state index contributed by atoms with van der Waals surface area (Å²) < 4.78 is 16.5. The van der Waals surface area contributed by atoms with Crippen molar-refractivity contribution in [2.24, 2.45) is 0 Å². The van der Waals surface area contributed by atoms with Gasteiger partial charge in [-0.15, -0.1) is 12.4 Å². The van der Waals surface area contributed by atoms with Gasteiger partial charge in [-0.1, -0.05) is 13.8 Å². The molecule has 3 rings (SSSR count). The zero-order valence-corrected chi connectivity index (χ0v) is 21.7. The van der Waals surface area contributed by atoms with Crippen LogP contribution in [0, 0.1) is 6.92 Å². The summed E-state index contributed by atoms with van der Waals surface area (Å²) in [7, 11) is 1.62. The topological polar surface area (TPSA) is 97.8 Å². The van der Waals surface area contributed by atoms with E-state index in [4.69, 9.17) is 14.2 Å². The summed E-state index contributed by atoms with van der Waals surface area (Å²) in [6, 6.07) is 9.37. The lowest BCUT2D eigenvalue weighted by Gasteiger charge is -2.19. The molecule has 1 aromatic heterocycles. The molecule has 0 saturated carbocycles. The molecule has 0 saturated heterocycles. The maximum absolute atomic E-state index is 11.7. The van der Waals surface area contributed by atoms with Gasteiger partial charge >= 0.3 is 6.09 Å². The summed E-state index contributed by atoms with van der Waals surface area (Å²) in [5, 5.41) is 6.88. The predicted octanol–water partition coefficient (Wildman–Crippen LogP) is 5.40. The van der Waals surface area contributed by atoms with Gasteiger partial charge in [0.25, 0.3) is 0 Å². The molecule has 1 heterocycles. The monoisotopic (exact) mass is 503 g/mol. The number of amides is 1. The molecule has 10 heteroatoms. The largest absolute Gasteiger partial charge is 0.493 e. The first-order valence-corrected chi connectivity index (χ1v) is 11.5. The second kappa shape index (κ2) is 13.6. The average Bonchev–Trinajstić information content (AvgIpc) is 2.83. The molecule has 2 N–H and O–H groups in total. The van der Waals surface area contributed by atoms with Crippen molar-refractivity contribution in [3.8, 4) is 11.5 Å². The first-order chi connectivity index (χ1) is 16.5. The van der Waals surface area contributed by atoms with Crippen LogP contribution in [-0.4, -0.2) is 60.9 Å². The molecule has 1 amide bonds. The molecule has 0 aliphatic rings. The number of likely N-dealkylation sites (N-methyl/N-ethyl adjacent to an activating group) is 1. The molecule has 9 nitrogen and oxygen atoms in total. The third-order valence-corrected chi connectivity index (χ3v) is 5.48. The minimum atomic E-state index is -0.477. The Morgan fingerprint density at radius 3 is 2.49 bits per heavy atom. The lowest BCUT2D eigenvalue weighted by molar-refractivity contribution is 0.168. The fourth-order valence-electron chi connectivity index (χ4n) is 3.56. The van der Waals surface area contributed by atoms with E-state index in [1.165, 1.54) is 6.33 Å². The summed E-state index contributed by atoms with van der Waals surface area (Å²) in [5.41, 5.74) is 3.14. The highest BCUT2D eigenvalue weighted by Gasteiger charge is 2.13. The SMILES string of the molecule is CCOC(=O)Nc1ccc(Nc2ncnc3cc(OCCN(CC)CC)c(OC)cc23)cc1C.Cl. The molecule has 0 fully saturated rings. The number of carbonyl (C=O) groups excluding carboxylic acids is 1. The van der Waals surface area contributed by atoms with Crippen molar-refractivity contribution in [1.82, 2.24) is 14.9 Å². The fourth-order valence-corrected chi connectivity index (χ4v) is 3.56. The predicted molar refractivity (Wildman–Crippen MR) is 142 cm³/mol. The van der Waals surface area contributed by atoms with E-state index < -0.39 is 6.09 Å². The number of aromatic nitrogens is 2. The minimum absolute atomic E-state index is 0. The number of methoxy groups -OCH3 is 1. The molecule has 35 heavy (non-hydrogen) atoms. The van der Waals surface area contributed by atoms with Crippen LogP contribution in [0.5, 0.6) is 11.5 Å². The molecule has 0 unspecified atom stereocenters. The number of aryl methyl sites for hydroxylation is 1. The molecule has 0 spiro atoms. The molecular formula is C25H34ClN5O4. The van der Waals surface area contributed by atoms with Crippen molar-refractivity contribution in [2.45, 2.75) is 27.7 Å². The molecular weight excluding hydrogens is 470 g/mol. The van der Waals surface area contributed by atoms with E-state index in [0.717, 1.165) is 41.8 Å². The van der Waals surface area contributed by atoms with Crippen molar-refractivity contribution in [1.29, 1.82) is 0 Å². The number of halogens is 1. The number of nitrogens with zero attached hydrogens (tertiary/aromatic N) is 3. The van der Waals surface area contributed by atoms with E-state index in [1.54, 1.807) is 14.0 Å². The summed E-state index contributed by atoms with van der Waals surface area (Å²) in [6.07, 6.45) is 1.04. The first-order valence-electron chi connectivity index (χ1n) is 11.5. The number of fused-ring (bicyclic) bond motifs is 1. The van der Waals surface area contributed by atoms with E-state index in [1.807, 2.05) is 37.3 Å². The van der Waals surface area contributed by atoms with Crippen LogP contribution in [0.2, 0.25) is 0 Å². The Hall–Kier alpha value is -3.30. The maximum Gasteiger partial charge on any atom is 0.411 e. The molecule has 3 aromatic rings. The molecule has 190 valence electrons. The Kier molecular flexibility index (Phi) is 10.8. The van der Waals surface area contributed by atoms with Gasteiger partial charge in [-0.3, -0.25) is 5.32 Å². The van der Waals surface area contributed by atoms with Crippen molar-refractivity contribution < 1.29 is 19.0 Å². The van der Waals surface area contributed by atoms with E-state index in [-0.39, 0.29) is 12.4 Å². The Bertz CT molecular complexity index is 1120. The van der Waals surface area contributed by atoms with E-state index in [0.29, 0.717) is 36.2 Å². The lowest BCUT2D eigenvalue weighted by atomic mass is 10.1. The second-order valence-corrected chi connectivity index (χ2v) is 7.62. The highest BCUT2D eigenvalue weighted by Crippen LogP contribution is 2.35. The van der Waals surface area contributed by atoms with Gasteiger partial charge in [0.2, 0.25) is 0 Å². The minimum Gasteiger partial charge on any atom is -0.493 e. The van der Waals surface area contributed by atoms with Crippen LogP contribution in [0.3, 0.4) is 0 Å². The Morgan fingerprint density at radius 1 is 1.06 bits per heavy atom. The normalized spacial score (nSPS) is 10.6. The van der Waals surface area contributed by atoms with Crippen molar-refractivity contribution >= 4 is 46.6 Å². The zero-order valence-electron chi connectivity index (χ0n) is 20.9. The molecule has 0 radical (unpaired) electrons. The first kappa shape index (κ1) is 27.9. The van der Waals surface area contributed by atoms with Gasteiger partial charge in [-0.25, -0.2) is 14.8 Å². The van der Waals surface area contributed by atoms with E-state index in [9.17, 15) is 4.79 Å². The van der Waals surface area contributed by atoms with Gasteiger partial charge in [0.05, 0.1) is 19.2 Å². The number of nitrogens with one attached hydrogen (secondary N) is 2. The Labute approximate surface area is 212 Å². The van der Waals surface area contributed by atoms with Crippen molar-refractivity contribution in [3.05, 3.63) is 42.2 Å². The maximum atomic E-state index is 11.7. The summed E-state index contributed by atoms with van der Waals surface area (Å²) in [6.45, 7) is 11.6. The quantitative estimate of drug-likeness (QED) is 0.359. The molecule has 0 aliphatic heterocycles. The second-order valence-electron chi connectivity index (χ2n) is 7.62. The molecule has 0 bridgehead atoms. The summed E-state index contributed by atoms with van der Waals surface area (Å²) >= 11 is 0. The van der Waals surface area contributed by atoms with Gasteiger partial charge in [-0.2, -0.15) is 0 Å². The van der Waals surface area contributed by atoms with Gasteiger partial charge in [0.1, 0.15) is 18.8 Å². The van der Waals surface area contributed by atoms with Crippen LogP contribution < -0.4 is 20.1 Å². The number of benzene rings is 2. The standard InChI is InChI=1S/C25H33N5O4.ClH/c1-6-30(7-2)11-12-34-23-15-21-19(14-22(23)32-5)24(27-16-26-21)28-18-9-10-20(17(4)13-18)29-25(31)33-8-3;/h9-10,13-16H,6-8,11-12H2,1-5H3,(H,29,31)(H,26,27,28);1H. The number of carbonyl (C=O) groups is 1. The summed E-state index contributed by atoms with van der Waals surface area (Å²) in [5.74, 6) is 1.91. The highest BCUT2D eigenvalue weighted by molar-refractivity contribution is 5.93. The molecule has 2 aromatic carbocycles. The van der Waals surface area contributed by atoms with E-state index >= 15 is 0 Å². The molecule has 0 atom stereocenters. The highest BCUT2D eigenvalue weighted by atomic mass is 35.5. The lowest BCUT2D eigenvalue weighted by Crippen LogP contribution is -2.27. The number of hydrogen-bond donors (Lipinski definition) is 2. The van der Waals surface area contributed by atoms with Gasteiger partial charge in [0, 0.05) is 29.4 Å². The number of ether oxygens (including phenoxy) is 3. The average molecular weight is 504 g/mol. The van der Waals surface area contributed by atoms with Crippen LogP contribution in [0.15, 0.2) is 36.7 Å².